The molecule has 0 spiro atoms. The van der Waals surface area contributed by atoms with Gasteiger partial charge in [-0.15, -0.1) is 0 Å². The third kappa shape index (κ3) is 5.84. The molecule has 0 bridgehead atoms. The molecule has 4 rings (SSSR count). The average molecular weight is 508 g/mol. The molecule has 0 unspecified atom stereocenters. The minimum atomic E-state index is -3.60. The Bertz CT molecular complexity index is 1200. The lowest BCUT2D eigenvalue weighted by Crippen LogP contribution is -2.40. The lowest BCUT2D eigenvalue weighted by atomic mass is 10.1. The fourth-order valence-corrected chi connectivity index (χ4v) is 7.07. The Morgan fingerprint density at radius 1 is 0.794 bits per heavy atom. The van der Waals surface area contributed by atoms with Crippen LogP contribution in [0.2, 0.25) is 0 Å². The maximum atomic E-state index is 12.7. The van der Waals surface area contributed by atoms with Crippen LogP contribution < -0.4 is 5.32 Å². The normalized spacial score (nSPS) is 18.5. The molecule has 34 heavy (non-hydrogen) atoms. The molecule has 0 atom stereocenters. The van der Waals surface area contributed by atoms with E-state index in [4.69, 9.17) is 4.74 Å². The second-order valence-electron chi connectivity index (χ2n) is 8.41. The molecule has 2 aromatic carbocycles. The van der Waals surface area contributed by atoms with E-state index in [0.29, 0.717) is 56.2 Å². The molecule has 2 fully saturated rings. The molecule has 1 N–H and O–H groups in total. The third-order valence-corrected chi connectivity index (χ3v) is 9.76. The summed E-state index contributed by atoms with van der Waals surface area (Å²) in [7, 11) is -6.97. The first kappa shape index (κ1) is 24.8. The predicted octanol–water partition coefficient (Wildman–Crippen LogP) is 2.28. The Labute approximate surface area is 200 Å². The molecule has 184 valence electrons. The number of benzene rings is 2. The summed E-state index contributed by atoms with van der Waals surface area (Å²) in [5.41, 5.74) is 1.46. The van der Waals surface area contributed by atoms with Crippen LogP contribution in [0.4, 0.5) is 5.69 Å². The molecular weight excluding hydrogens is 478 g/mol. The van der Waals surface area contributed by atoms with E-state index < -0.39 is 20.0 Å². The number of piperidine rings is 1. The molecule has 0 aliphatic carbocycles. The smallest absolute Gasteiger partial charge is 0.255 e. The number of carbonyl (C=O) groups excluding carboxylic acids is 1. The fraction of sp³-hybridized carbons (Fsp3) is 0.435. The standard InChI is InChI=1S/C23H29N3O6S2/c27-23(20-6-4-19(5-7-20)18-33(28,29)25-12-2-1-3-13-25)24-21-8-10-22(11-9-21)34(30,31)26-14-16-32-17-15-26/h4-11H,1-3,12-18H2,(H,24,27). The molecule has 0 radical (unpaired) electrons. The summed E-state index contributed by atoms with van der Waals surface area (Å²) in [4.78, 5) is 12.8. The second kappa shape index (κ2) is 10.5. The maximum Gasteiger partial charge on any atom is 0.255 e. The number of hydrogen-bond acceptors (Lipinski definition) is 6. The van der Waals surface area contributed by atoms with E-state index in [1.807, 2.05) is 0 Å². The molecule has 2 heterocycles. The van der Waals surface area contributed by atoms with Gasteiger partial charge in [0, 0.05) is 37.4 Å². The number of nitrogens with zero attached hydrogens (tertiary/aromatic N) is 2. The minimum Gasteiger partial charge on any atom is -0.379 e. The van der Waals surface area contributed by atoms with Crippen LogP contribution in [0.3, 0.4) is 0 Å². The first-order chi connectivity index (χ1) is 16.3. The number of morpholine rings is 1. The molecule has 2 aliphatic rings. The van der Waals surface area contributed by atoms with Crippen LogP contribution in [0.15, 0.2) is 53.4 Å². The number of anilines is 1. The molecule has 1 amide bonds. The molecule has 2 aromatic rings. The highest BCUT2D eigenvalue weighted by Crippen LogP contribution is 2.21. The van der Waals surface area contributed by atoms with Gasteiger partial charge in [0.1, 0.15) is 0 Å². The van der Waals surface area contributed by atoms with E-state index in [1.165, 1.54) is 16.4 Å². The number of carbonyl (C=O) groups is 1. The third-order valence-electron chi connectivity index (χ3n) is 5.99. The Kier molecular flexibility index (Phi) is 7.68. The summed E-state index contributed by atoms with van der Waals surface area (Å²) >= 11 is 0. The number of hydrogen-bond donors (Lipinski definition) is 1. The Balaban J connectivity index is 1.37. The molecule has 11 heteroatoms. The Morgan fingerprint density at radius 2 is 1.41 bits per heavy atom. The van der Waals surface area contributed by atoms with Gasteiger partial charge in [0.05, 0.1) is 23.9 Å². The molecular formula is C23H29N3O6S2. The first-order valence-electron chi connectivity index (χ1n) is 11.3. The van der Waals surface area contributed by atoms with Crippen LogP contribution in [-0.2, 0) is 30.5 Å². The van der Waals surface area contributed by atoms with Gasteiger partial charge in [-0.3, -0.25) is 4.79 Å². The lowest BCUT2D eigenvalue weighted by Gasteiger charge is -2.26. The monoisotopic (exact) mass is 507 g/mol. The van der Waals surface area contributed by atoms with Crippen molar-refractivity contribution >= 4 is 31.6 Å². The van der Waals surface area contributed by atoms with E-state index in [0.717, 1.165) is 19.3 Å². The summed E-state index contributed by atoms with van der Waals surface area (Å²) in [6.45, 7) is 2.50. The Morgan fingerprint density at radius 3 is 2.03 bits per heavy atom. The molecule has 2 aliphatic heterocycles. The van der Waals surface area contributed by atoms with Crippen LogP contribution in [0.25, 0.3) is 0 Å². The van der Waals surface area contributed by atoms with Crippen molar-refractivity contribution in [2.24, 2.45) is 0 Å². The van der Waals surface area contributed by atoms with E-state index in [9.17, 15) is 21.6 Å². The van der Waals surface area contributed by atoms with Gasteiger partial charge in [0.2, 0.25) is 20.0 Å². The van der Waals surface area contributed by atoms with Crippen LogP contribution >= 0.6 is 0 Å². The fourth-order valence-electron chi connectivity index (χ4n) is 4.05. The zero-order valence-electron chi connectivity index (χ0n) is 18.9. The van der Waals surface area contributed by atoms with Crippen molar-refractivity contribution in [3.05, 3.63) is 59.7 Å². The predicted molar refractivity (Wildman–Crippen MR) is 128 cm³/mol. The van der Waals surface area contributed by atoms with Crippen LogP contribution in [0, 0.1) is 0 Å². The topological polar surface area (TPSA) is 113 Å². The number of rotatable bonds is 7. The quantitative estimate of drug-likeness (QED) is 0.615. The van der Waals surface area contributed by atoms with Gasteiger partial charge in [-0.2, -0.15) is 4.31 Å². The SMILES string of the molecule is O=C(Nc1ccc(S(=O)(=O)N2CCOCC2)cc1)c1ccc(CS(=O)(=O)N2CCCCC2)cc1. The molecule has 0 saturated carbocycles. The molecule has 2 saturated heterocycles. The van der Waals surface area contributed by atoms with Crippen molar-refractivity contribution in [3.63, 3.8) is 0 Å². The highest BCUT2D eigenvalue weighted by Gasteiger charge is 2.26. The van der Waals surface area contributed by atoms with Gasteiger partial charge >= 0.3 is 0 Å². The van der Waals surface area contributed by atoms with Crippen LogP contribution in [-0.4, -0.2) is 70.7 Å². The van der Waals surface area contributed by atoms with Crippen LogP contribution in [0.5, 0.6) is 0 Å². The van der Waals surface area contributed by atoms with Gasteiger partial charge in [0.25, 0.3) is 5.91 Å². The van der Waals surface area contributed by atoms with E-state index in [1.54, 1.807) is 40.7 Å². The van der Waals surface area contributed by atoms with Crippen molar-refractivity contribution < 1.29 is 26.4 Å². The van der Waals surface area contributed by atoms with Crippen molar-refractivity contribution in [3.8, 4) is 0 Å². The van der Waals surface area contributed by atoms with Crippen LogP contribution in [0.1, 0.15) is 35.2 Å². The van der Waals surface area contributed by atoms with Crippen molar-refractivity contribution in [2.45, 2.75) is 29.9 Å². The van der Waals surface area contributed by atoms with Gasteiger partial charge in [-0.05, 0) is 54.8 Å². The van der Waals surface area contributed by atoms with Crippen molar-refractivity contribution in [1.82, 2.24) is 8.61 Å². The number of sulfonamides is 2. The highest BCUT2D eigenvalue weighted by molar-refractivity contribution is 7.89. The van der Waals surface area contributed by atoms with E-state index in [2.05, 4.69) is 5.32 Å². The minimum absolute atomic E-state index is 0.0893. The largest absolute Gasteiger partial charge is 0.379 e. The summed E-state index contributed by atoms with van der Waals surface area (Å²) in [5.74, 6) is -0.456. The summed E-state index contributed by atoms with van der Waals surface area (Å²) < 4.78 is 58.8. The summed E-state index contributed by atoms with van der Waals surface area (Å²) in [6, 6.07) is 12.5. The Hall–Kier alpha value is -2.31. The number of amides is 1. The van der Waals surface area contributed by atoms with E-state index in [-0.39, 0.29) is 16.6 Å². The summed E-state index contributed by atoms with van der Waals surface area (Å²) in [6.07, 6.45) is 2.83. The molecule has 0 aromatic heterocycles. The van der Waals surface area contributed by atoms with E-state index >= 15 is 0 Å². The molecule has 9 nitrogen and oxygen atoms in total. The highest BCUT2D eigenvalue weighted by atomic mass is 32.2. The van der Waals surface area contributed by atoms with Crippen molar-refractivity contribution in [1.29, 1.82) is 0 Å². The summed E-state index contributed by atoms with van der Waals surface area (Å²) in [5, 5.41) is 2.74. The lowest BCUT2D eigenvalue weighted by molar-refractivity contribution is 0.0730. The number of nitrogens with one attached hydrogen (secondary N) is 1. The van der Waals surface area contributed by atoms with Crippen molar-refractivity contribution in [2.75, 3.05) is 44.7 Å². The van der Waals surface area contributed by atoms with Gasteiger partial charge in [-0.25, -0.2) is 21.1 Å². The van der Waals surface area contributed by atoms with Gasteiger partial charge in [-0.1, -0.05) is 18.6 Å². The zero-order chi connectivity index (χ0) is 24.2. The zero-order valence-corrected chi connectivity index (χ0v) is 20.5. The second-order valence-corrected chi connectivity index (χ2v) is 12.3. The first-order valence-corrected chi connectivity index (χ1v) is 14.4. The number of ether oxygens (including phenoxy) is 1. The average Bonchev–Trinajstić information content (AvgIpc) is 2.86. The van der Waals surface area contributed by atoms with Gasteiger partial charge in [0.15, 0.2) is 0 Å². The van der Waals surface area contributed by atoms with Gasteiger partial charge < -0.3 is 10.1 Å². The maximum absolute atomic E-state index is 12.7.